The zero-order chi connectivity index (χ0) is 19.0. The lowest BCUT2D eigenvalue weighted by Gasteiger charge is -2.51. The van der Waals surface area contributed by atoms with Crippen LogP contribution in [0, 0.1) is 11.3 Å². The van der Waals surface area contributed by atoms with Gasteiger partial charge in [0.25, 0.3) is 0 Å². The van der Waals surface area contributed by atoms with Crippen molar-refractivity contribution in [2.24, 2.45) is 11.3 Å². The van der Waals surface area contributed by atoms with E-state index in [1.54, 1.807) is 0 Å². The highest BCUT2D eigenvalue weighted by atomic mass is 16.6. The van der Waals surface area contributed by atoms with Gasteiger partial charge in [-0.05, 0) is 75.9 Å². The van der Waals surface area contributed by atoms with Crippen LogP contribution in [-0.2, 0) is 9.53 Å². The Morgan fingerprint density at radius 2 is 2.00 bits per heavy atom. The summed E-state index contributed by atoms with van der Waals surface area (Å²) in [6.07, 6.45) is 10.3. The van der Waals surface area contributed by atoms with Crippen molar-refractivity contribution < 1.29 is 14.3 Å². The molecule has 27 heavy (non-hydrogen) atoms. The van der Waals surface area contributed by atoms with E-state index in [0.717, 1.165) is 51.0 Å². The first-order chi connectivity index (χ1) is 13.0. The first-order valence-corrected chi connectivity index (χ1v) is 10.6. The average molecular weight is 373 g/mol. The maximum absolute atomic E-state index is 12.3. The highest BCUT2D eigenvalue weighted by Crippen LogP contribution is 2.51. The van der Waals surface area contributed by atoms with E-state index < -0.39 is 0 Å². The fourth-order valence-corrected chi connectivity index (χ4v) is 5.70. The molecule has 1 spiro atoms. The number of allylic oxidation sites excluding steroid dienone is 4. The van der Waals surface area contributed by atoms with E-state index in [1.165, 1.54) is 18.4 Å². The minimum atomic E-state index is -0.145. The normalized spacial score (nSPS) is 32.3. The number of ketones is 1. The summed E-state index contributed by atoms with van der Waals surface area (Å²) in [4.78, 5) is 28.8. The number of piperidine rings is 1. The van der Waals surface area contributed by atoms with Crippen LogP contribution in [0.15, 0.2) is 23.3 Å². The molecule has 2 heterocycles. The number of likely N-dealkylation sites (tertiary alicyclic amines) is 2. The van der Waals surface area contributed by atoms with Crippen LogP contribution in [0.1, 0.15) is 52.4 Å². The van der Waals surface area contributed by atoms with Gasteiger partial charge in [-0.1, -0.05) is 12.2 Å². The lowest BCUT2D eigenvalue weighted by Crippen LogP contribution is -2.54. The maximum Gasteiger partial charge on any atom is 0.409 e. The summed E-state index contributed by atoms with van der Waals surface area (Å²) in [6, 6.07) is 0.658. The molecule has 4 rings (SSSR count). The van der Waals surface area contributed by atoms with E-state index in [4.69, 9.17) is 4.74 Å². The summed E-state index contributed by atoms with van der Waals surface area (Å²) in [6.45, 7) is 8.31. The molecule has 2 saturated heterocycles. The molecule has 0 unspecified atom stereocenters. The molecule has 1 saturated carbocycles. The Morgan fingerprint density at radius 3 is 2.67 bits per heavy atom. The molecule has 0 bridgehead atoms. The van der Waals surface area contributed by atoms with Gasteiger partial charge in [0.1, 0.15) is 0 Å². The molecule has 4 aliphatic rings. The average Bonchev–Trinajstić information content (AvgIpc) is 3.07. The smallest absolute Gasteiger partial charge is 0.409 e. The van der Waals surface area contributed by atoms with Crippen LogP contribution < -0.4 is 0 Å². The molecule has 0 N–H and O–H groups in total. The summed E-state index contributed by atoms with van der Waals surface area (Å²) in [5.41, 5.74) is 2.61. The number of hydrogen-bond acceptors (Lipinski definition) is 4. The van der Waals surface area contributed by atoms with Gasteiger partial charge in [0.2, 0.25) is 0 Å². The predicted molar refractivity (Wildman–Crippen MR) is 104 cm³/mol. The monoisotopic (exact) mass is 372 g/mol. The van der Waals surface area contributed by atoms with E-state index in [2.05, 4.69) is 17.9 Å². The van der Waals surface area contributed by atoms with Crippen LogP contribution in [0.2, 0.25) is 0 Å². The van der Waals surface area contributed by atoms with Crippen molar-refractivity contribution >= 4 is 11.9 Å². The van der Waals surface area contributed by atoms with Crippen LogP contribution >= 0.6 is 0 Å². The summed E-state index contributed by atoms with van der Waals surface area (Å²) >= 11 is 0. The standard InChI is InChI=1S/C22H32N2O3/c1-3-27-21(26)24-12-9-22(15-24)13-18(14-22)23-10-7-17(8-11-23)20-16(2)5-4-6-19(20)25/h4-5,17-18H,3,6-15H2,1-2H3. The molecule has 0 radical (unpaired) electrons. The molecule has 0 aromatic heterocycles. The SMILES string of the molecule is CCOC(=O)N1CCC2(CC(N3CCC(C4=C(C)C=CCC4=O)CC3)C2)C1. The minimum absolute atomic E-state index is 0.145. The van der Waals surface area contributed by atoms with Crippen molar-refractivity contribution in [3.05, 3.63) is 23.3 Å². The fraction of sp³-hybridized carbons (Fsp3) is 0.727. The Bertz CT molecular complexity index is 667. The molecule has 2 aliphatic heterocycles. The second kappa shape index (κ2) is 7.42. The molecule has 0 atom stereocenters. The molecule has 2 aliphatic carbocycles. The molecule has 148 valence electrons. The number of amides is 1. The molecule has 0 aromatic carbocycles. The Labute approximate surface area is 162 Å². The van der Waals surface area contributed by atoms with Gasteiger partial charge in [0.15, 0.2) is 5.78 Å². The highest BCUT2D eigenvalue weighted by Gasteiger charge is 2.51. The van der Waals surface area contributed by atoms with Crippen molar-refractivity contribution in [1.82, 2.24) is 9.80 Å². The third-order valence-electron chi connectivity index (χ3n) is 7.15. The second-order valence-corrected chi connectivity index (χ2v) is 8.87. The zero-order valence-electron chi connectivity index (χ0n) is 16.7. The van der Waals surface area contributed by atoms with E-state index in [1.807, 2.05) is 17.9 Å². The number of hydrogen-bond donors (Lipinski definition) is 0. The largest absolute Gasteiger partial charge is 0.450 e. The minimum Gasteiger partial charge on any atom is -0.450 e. The lowest BCUT2D eigenvalue weighted by molar-refractivity contribution is -0.115. The van der Waals surface area contributed by atoms with Gasteiger partial charge in [-0.25, -0.2) is 4.79 Å². The van der Waals surface area contributed by atoms with Gasteiger partial charge in [0.05, 0.1) is 6.61 Å². The summed E-state index contributed by atoms with van der Waals surface area (Å²) < 4.78 is 5.16. The lowest BCUT2D eigenvalue weighted by atomic mass is 9.64. The van der Waals surface area contributed by atoms with Crippen LogP contribution in [0.25, 0.3) is 0 Å². The van der Waals surface area contributed by atoms with Crippen LogP contribution in [0.3, 0.4) is 0 Å². The van der Waals surface area contributed by atoms with Crippen molar-refractivity contribution in [3.8, 4) is 0 Å². The van der Waals surface area contributed by atoms with E-state index in [9.17, 15) is 9.59 Å². The second-order valence-electron chi connectivity index (χ2n) is 8.87. The predicted octanol–water partition coefficient (Wildman–Crippen LogP) is 3.55. The number of Topliss-reactive ketones (excluding diaryl/α,β-unsaturated/α-hetero) is 1. The summed E-state index contributed by atoms with van der Waals surface area (Å²) in [7, 11) is 0. The zero-order valence-corrected chi connectivity index (χ0v) is 16.7. The molecular weight excluding hydrogens is 340 g/mol. The molecule has 5 nitrogen and oxygen atoms in total. The fourth-order valence-electron chi connectivity index (χ4n) is 5.70. The summed E-state index contributed by atoms with van der Waals surface area (Å²) in [5, 5.41) is 0. The van der Waals surface area contributed by atoms with Crippen molar-refractivity contribution in [1.29, 1.82) is 0 Å². The topological polar surface area (TPSA) is 49.9 Å². The summed E-state index contributed by atoms with van der Waals surface area (Å²) in [5.74, 6) is 0.777. The quantitative estimate of drug-likeness (QED) is 0.760. The molecule has 5 heteroatoms. The number of carbonyl (C=O) groups is 2. The van der Waals surface area contributed by atoms with Crippen molar-refractivity contribution in [2.75, 3.05) is 32.8 Å². The van der Waals surface area contributed by atoms with Crippen molar-refractivity contribution in [3.63, 3.8) is 0 Å². The van der Waals surface area contributed by atoms with Crippen LogP contribution in [0.4, 0.5) is 4.79 Å². The van der Waals surface area contributed by atoms with E-state index >= 15 is 0 Å². The van der Waals surface area contributed by atoms with E-state index in [0.29, 0.717) is 36.2 Å². The Hall–Kier alpha value is -1.62. The van der Waals surface area contributed by atoms with Gasteiger partial charge in [-0.15, -0.1) is 0 Å². The van der Waals surface area contributed by atoms with Gasteiger partial charge >= 0.3 is 6.09 Å². The molecule has 3 fully saturated rings. The third-order valence-corrected chi connectivity index (χ3v) is 7.15. The highest BCUT2D eigenvalue weighted by molar-refractivity contribution is 5.99. The van der Waals surface area contributed by atoms with E-state index in [-0.39, 0.29) is 6.09 Å². The number of rotatable bonds is 3. The van der Waals surface area contributed by atoms with Gasteiger partial charge < -0.3 is 14.5 Å². The van der Waals surface area contributed by atoms with Gasteiger partial charge in [0, 0.05) is 31.1 Å². The first kappa shape index (κ1) is 18.7. The van der Waals surface area contributed by atoms with Crippen LogP contribution in [-0.4, -0.2) is 60.5 Å². The van der Waals surface area contributed by atoms with Crippen molar-refractivity contribution in [2.45, 2.75) is 58.4 Å². The molecular formula is C22H32N2O3. The number of ether oxygens (including phenoxy) is 1. The first-order valence-electron chi connectivity index (χ1n) is 10.6. The Morgan fingerprint density at radius 1 is 1.26 bits per heavy atom. The molecule has 0 aromatic rings. The number of nitrogens with zero attached hydrogens (tertiary/aromatic N) is 2. The Kier molecular flexibility index (Phi) is 5.15. The van der Waals surface area contributed by atoms with Gasteiger partial charge in [-0.2, -0.15) is 0 Å². The molecule has 1 amide bonds. The third kappa shape index (κ3) is 3.58. The maximum atomic E-state index is 12.3. The number of carbonyl (C=O) groups excluding carboxylic acids is 2. The Balaban J connectivity index is 1.27. The van der Waals surface area contributed by atoms with Crippen LogP contribution in [0.5, 0.6) is 0 Å². The van der Waals surface area contributed by atoms with Gasteiger partial charge in [-0.3, -0.25) is 4.79 Å².